The summed E-state index contributed by atoms with van der Waals surface area (Å²) in [5, 5.41) is 8.45. The van der Waals surface area contributed by atoms with E-state index >= 15 is 0 Å². The number of rotatable bonds is 10. The van der Waals surface area contributed by atoms with E-state index in [1.54, 1.807) is 7.11 Å². The summed E-state index contributed by atoms with van der Waals surface area (Å²) < 4.78 is 26.4. The lowest BCUT2D eigenvalue weighted by molar-refractivity contribution is -0.142. The number of methoxy groups -OCH3 is 1. The molecule has 0 saturated carbocycles. The second-order valence-electron chi connectivity index (χ2n) is 8.24. The molecule has 0 heterocycles. The zero-order valence-electron chi connectivity index (χ0n) is 18.8. The minimum atomic E-state index is -1.73. The van der Waals surface area contributed by atoms with Crippen LogP contribution in [0, 0.1) is 0 Å². The molecule has 160 valence electrons. The molecule has 27 heavy (non-hydrogen) atoms. The van der Waals surface area contributed by atoms with Crippen molar-refractivity contribution in [1.82, 2.24) is 0 Å². The van der Waals surface area contributed by atoms with E-state index in [9.17, 15) is 4.79 Å². The summed E-state index contributed by atoms with van der Waals surface area (Å²) in [5.41, 5.74) is 1.90. The average Bonchev–Trinajstić information content (AvgIpc) is 2.45. The minimum absolute atomic E-state index is 0.241. The van der Waals surface area contributed by atoms with E-state index < -0.39 is 22.6 Å². The van der Waals surface area contributed by atoms with Gasteiger partial charge in [0, 0.05) is 18.3 Å². The molecule has 0 aliphatic rings. The first-order valence-electron chi connectivity index (χ1n) is 8.78. The van der Waals surface area contributed by atoms with E-state index in [1.165, 1.54) is 0 Å². The summed E-state index contributed by atoms with van der Waals surface area (Å²) in [6.45, 7) is 19.9. The smallest absolute Gasteiger partial charge is 0.341 e. The van der Waals surface area contributed by atoms with Gasteiger partial charge in [-0.2, -0.15) is 0 Å². The Morgan fingerprint density at radius 3 is 1.41 bits per heavy atom. The molecular weight excluding hydrogens is 384 g/mol. The number of carbonyl (C=O) groups is 1. The standard InChI is InChI=1S/C9H18O4Si.C9H20O3Si/c1-7(2)9(12-6-8(10)11)13-14(3,4)5;1-8(2)9(11-7-10-3)12-13(4,5)6/h6H2,1-5H3,(H,10,11);7H2,1-6H3. The van der Waals surface area contributed by atoms with Crippen LogP contribution in [-0.2, 0) is 27.9 Å². The fourth-order valence-electron chi connectivity index (χ4n) is 1.35. The molecule has 0 aliphatic heterocycles. The van der Waals surface area contributed by atoms with Crippen molar-refractivity contribution < 1.29 is 33.0 Å². The van der Waals surface area contributed by atoms with Crippen molar-refractivity contribution in [2.45, 2.75) is 67.0 Å². The largest absolute Gasteiger partial charge is 0.520 e. The molecule has 0 aliphatic carbocycles. The van der Waals surface area contributed by atoms with Gasteiger partial charge >= 0.3 is 5.97 Å². The highest BCUT2D eigenvalue weighted by atomic mass is 28.4. The monoisotopic (exact) mass is 422 g/mol. The van der Waals surface area contributed by atoms with Crippen LogP contribution < -0.4 is 0 Å². The van der Waals surface area contributed by atoms with Crippen LogP contribution in [-0.4, -0.2) is 48.2 Å². The number of aliphatic carboxylic acids is 1. The molecule has 0 aromatic carbocycles. The molecule has 1 N–H and O–H groups in total. The number of allylic oxidation sites excluding steroid dienone is 2. The Morgan fingerprint density at radius 1 is 0.778 bits per heavy atom. The second kappa shape index (κ2) is 12.8. The number of hydrogen-bond acceptors (Lipinski definition) is 6. The van der Waals surface area contributed by atoms with Crippen molar-refractivity contribution in [3.8, 4) is 0 Å². The highest BCUT2D eigenvalue weighted by Crippen LogP contribution is 2.15. The molecule has 0 bridgehead atoms. The molecule has 0 rings (SSSR count). The van der Waals surface area contributed by atoms with Gasteiger partial charge in [-0.25, -0.2) is 4.79 Å². The third-order valence-electron chi connectivity index (χ3n) is 2.25. The fraction of sp³-hybridized carbons (Fsp3) is 0.722. The lowest BCUT2D eigenvalue weighted by Crippen LogP contribution is -2.26. The van der Waals surface area contributed by atoms with Crippen molar-refractivity contribution in [3.63, 3.8) is 0 Å². The molecule has 0 amide bonds. The van der Waals surface area contributed by atoms with Gasteiger partial charge in [0.2, 0.25) is 16.6 Å². The maximum atomic E-state index is 10.3. The number of carboxylic acids is 1. The Bertz CT molecular complexity index is 507. The number of carboxylic acid groups (broad SMARTS) is 1. The topological polar surface area (TPSA) is 83.5 Å². The van der Waals surface area contributed by atoms with Gasteiger partial charge in [-0.3, -0.25) is 0 Å². The van der Waals surface area contributed by atoms with E-state index in [0.29, 0.717) is 11.9 Å². The van der Waals surface area contributed by atoms with Crippen molar-refractivity contribution >= 4 is 22.6 Å². The fourth-order valence-corrected chi connectivity index (χ4v) is 2.99. The molecule has 0 aromatic rings. The van der Waals surface area contributed by atoms with E-state index in [4.69, 9.17) is 28.2 Å². The van der Waals surface area contributed by atoms with Gasteiger partial charge in [-0.15, -0.1) is 0 Å². The van der Waals surface area contributed by atoms with E-state index in [2.05, 4.69) is 19.6 Å². The number of hydrogen-bond donors (Lipinski definition) is 1. The Morgan fingerprint density at radius 2 is 1.15 bits per heavy atom. The van der Waals surface area contributed by atoms with Gasteiger partial charge < -0.3 is 28.2 Å². The van der Waals surface area contributed by atoms with Crippen LogP contribution in [0.15, 0.2) is 23.0 Å². The van der Waals surface area contributed by atoms with Gasteiger partial charge in [-0.05, 0) is 67.0 Å². The van der Waals surface area contributed by atoms with Crippen LogP contribution in [0.1, 0.15) is 27.7 Å². The summed E-state index contributed by atoms with van der Waals surface area (Å²) in [6, 6.07) is 0. The van der Waals surface area contributed by atoms with Crippen molar-refractivity contribution in [1.29, 1.82) is 0 Å². The zero-order valence-corrected chi connectivity index (χ0v) is 20.8. The highest BCUT2D eigenvalue weighted by molar-refractivity contribution is 6.70. The quantitative estimate of drug-likeness (QED) is 0.304. The molecule has 0 radical (unpaired) electrons. The maximum absolute atomic E-state index is 10.3. The van der Waals surface area contributed by atoms with Gasteiger partial charge in [0.25, 0.3) is 11.9 Å². The summed E-state index contributed by atoms with van der Waals surface area (Å²) in [4.78, 5) is 10.3. The van der Waals surface area contributed by atoms with Crippen molar-refractivity contribution in [2.75, 3.05) is 20.5 Å². The molecule has 0 saturated heterocycles. The predicted molar refractivity (Wildman–Crippen MR) is 112 cm³/mol. The predicted octanol–water partition coefficient (Wildman–Crippen LogP) is 4.90. The van der Waals surface area contributed by atoms with Crippen LogP contribution in [0.2, 0.25) is 39.3 Å². The first kappa shape index (κ1) is 27.8. The SMILES string of the molecule is CC(C)=C(OCC(=O)O)O[Si](C)(C)C.COCOC(O[Si](C)(C)C)=C(C)C. The molecular formula is C18H38O7Si2. The first-order valence-corrected chi connectivity index (χ1v) is 15.6. The van der Waals surface area contributed by atoms with Gasteiger partial charge in [0.1, 0.15) is 0 Å². The summed E-state index contributed by atoms with van der Waals surface area (Å²) in [5.74, 6) is -0.0319. The highest BCUT2D eigenvalue weighted by Gasteiger charge is 2.20. The Balaban J connectivity index is 0. The van der Waals surface area contributed by atoms with Gasteiger partial charge in [0.05, 0.1) is 0 Å². The number of ether oxygens (including phenoxy) is 3. The summed E-state index contributed by atoms with van der Waals surface area (Å²) in [7, 11) is -1.71. The van der Waals surface area contributed by atoms with Crippen LogP contribution >= 0.6 is 0 Å². The lowest BCUT2D eigenvalue weighted by Gasteiger charge is -2.22. The van der Waals surface area contributed by atoms with Crippen LogP contribution in [0.25, 0.3) is 0 Å². The minimum Gasteiger partial charge on any atom is -0.520 e. The van der Waals surface area contributed by atoms with E-state index in [-0.39, 0.29) is 13.4 Å². The molecule has 0 unspecified atom stereocenters. The van der Waals surface area contributed by atoms with Crippen molar-refractivity contribution in [3.05, 3.63) is 23.0 Å². The first-order chi connectivity index (χ1) is 12.1. The van der Waals surface area contributed by atoms with Gasteiger partial charge in [-0.1, -0.05) is 0 Å². The molecule has 7 nitrogen and oxygen atoms in total. The summed E-state index contributed by atoms with van der Waals surface area (Å²) >= 11 is 0. The van der Waals surface area contributed by atoms with Crippen LogP contribution in [0.4, 0.5) is 0 Å². The Kier molecular flexibility index (Phi) is 13.2. The molecule has 0 atom stereocenters. The molecule has 0 spiro atoms. The molecule has 0 aromatic heterocycles. The van der Waals surface area contributed by atoms with Crippen LogP contribution in [0.5, 0.6) is 0 Å². The zero-order chi connectivity index (χ0) is 21.8. The van der Waals surface area contributed by atoms with Crippen LogP contribution in [0.3, 0.4) is 0 Å². The average molecular weight is 423 g/mol. The third-order valence-corrected chi connectivity index (χ3v) is 3.84. The summed E-state index contributed by atoms with van der Waals surface area (Å²) in [6.07, 6.45) is 0. The van der Waals surface area contributed by atoms with E-state index in [0.717, 1.165) is 11.1 Å². The third kappa shape index (κ3) is 19.1. The van der Waals surface area contributed by atoms with E-state index in [1.807, 2.05) is 47.3 Å². The second-order valence-corrected chi connectivity index (χ2v) is 17.1. The normalized spacial score (nSPS) is 10.8. The van der Waals surface area contributed by atoms with Crippen molar-refractivity contribution in [2.24, 2.45) is 0 Å². The maximum Gasteiger partial charge on any atom is 0.341 e. The van der Waals surface area contributed by atoms with Gasteiger partial charge in [0.15, 0.2) is 13.4 Å². The molecule has 9 heteroatoms. The Labute approximate surface area is 166 Å². The molecule has 0 fully saturated rings. The Hall–Kier alpha value is -1.46. The lowest BCUT2D eigenvalue weighted by atomic mass is 10.4.